The van der Waals surface area contributed by atoms with Gasteiger partial charge < -0.3 is 5.32 Å². The molecule has 0 aromatic heterocycles. The highest BCUT2D eigenvalue weighted by atomic mass is 79.9. The maximum absolute atomic E-state index is 12.8. The van der Waals surface area contributed by atoms with Gasteiger partial charge in [0.1, 0.15) is 5.82 Å². The van der Waals surface area contributed by atoms with E-state index in [-0.39, 0.29) is 5.82 Å². The second-order valence-corrected chi connectivity index (χ2v) is 5.13. The molecule has 0 saturated carbocycles. The Bertz CT molecular complexity index is 376. The van der Waals surface area contributed by atoms with Crippen LogP contribution in [0.1, 0.15) is 5.56 Å². The summed E-state index contributed by atoms with van der Waals surface area (Å²) in [5, 5.41) is 3.28. The number of benzene rings is 1. The molecule has 0 saturated heterocycles. The number of nitrogens with one attached hydrogen (secondary N) is 1. The lowest BCUT2D eigenvalue weighted by Crippen LogP contribution is -2.17. The fourth-order valence-electron chi connectivity index (χ4n) is 1.16. The molecule has 86 valence electrons. The van der Waals surface area contributed by atoms with Crippen LogP contribution in [0.15, 0.2) is 22.7 Å². The first-order valence-corrected chi connectivity index (χ1v) is 6.84. The molecule has 0 fully saturated rings. The Morgan fingerprint density at radius 1 is 1.50 bits per heavy atom. The quantitative estimate of drug-likeness (QED) is 0.640. The molecular formula is C12H13BrFNS. The van der Waals surface area contributed by atoms with E-state index >= 15 is 0 Å². The average Bonchev–Trinajstić information content (AvgIpc) is 2.26. The summed E-state index contributed by atoms with van der Waals surface area (Å²) in [6.45, 7) is 1.63. The van der Waals surface area contributed by atoms with Crippen LogP contribution in [0.2, 0.25) is 0 Å². The van der Waals surface area contributed by atoms with Gasteiger partial charge in [0.15, 0.2) is 0 Å². The van der Waals surface area contributed by atoms with E-state index in [1.807, 2.05) is 0 Å². The summed E-state index contributed by atoms with van der Waals surface area (Å²) in [6, 6.07) is 4.72. The smallest absolute Gasteiger partial charge is 0.124 e. The molecule has 0 unspecified atom stereocenters. The third-order valence-electron chi connectivity index (χ3n) is 1.94. The Hall–Kier alpha value is -0.500. The molecule has 4 heteroatoms. The molecule has 1 nitrogen and oxygen atoms in total. The van der Waals surface area contributed by atoms with Gasteiger partial charge in [0.05, 0.1) is 5.75 Å². The van der Waals surface area contributed by atoms with Gasteiger partial charge in [-0.15, -0.1) is 18.2 Å². The van der Waals surface area contributed by atoms with Crippen LogP contribution >= 0.6 is 27.7 Å². The molecule has 0 bridgehead atoms. The summed E-state index contributed by atoms with van der Waals surface area (Å²) in [5.41, 5.74) is 1.06. The van der Waals surface area contributed by atoms with Gasteiger partial charge in [0.2, 0.25) is 0 Å². The highest BCUT2D eigenvalue weighted by Gasteiger charge is 2.00. The Morgan fingerprint density at radius 2 is 2.31 bits per heavy atom. The number of halogens is 2. The van der Waals surface area contributed by atoms with Crippen molar-refractivity contribution in [3.05, 3.63) is 34.1 Å². The average molecular weight is 302 g/mol. The van der Waals surface area contributed by atoms with Crippen molar-refractivity contribution in [1.29, 1.82) is 0 Å². The summed E-state index contributed by atoms with van der Waals surface area (Å²) in [7, 11) is 0. The van der Waals surface area contributed by atoms with Gasteiger partial charge in [-0.2, -0.15) is 0 Å². The molecule has 0 spiro atoms. The van der Waals surface area contributed by atoms with Gasteiger partial charge in [-0.3, -0.25) is 0 Å². The van der Waals surface area contributed by atoms with E-state index in [0.29, 0.717) is 0 Å². The van der Waals surface area contributed by atoms with Crippen molar-refractivity contribution in [3.63, 3.8) is 0 Å². The van der Waals surface area contributed by atoms with Gasteiger partial charge in [-0.1, -0.05) is 27.9 Å². The van der Waals surface area contributed by atoms with Crippen LogP contribution in [0.25, 0.3) is 0 Å². The molecule has 0 aliphatic rings. The fourth-order valence-corrected chi connectivity index (χ4v) is 2.21. The topological polar surface area (TPSA) is 12.0 Å². The summed E-state index contributed by atoms with van der Waals surface area (Å²) in [6.07, 6.45) is 5.14. The molecular weight excluding hydrogens is 289 g/mol. The number of thioether (sulfide) groups is 1. The van der Waals surface area contributed by atoms with Crippen LogP contribution in [0.4, 0.5) is 4.39 Å². The fraction of sp³-hybridized carbons (Fsp3) is 0.333. The van der Waals surface area contributed by atoms with Crippen LogP contribution in [0.3, 0.4) is 0 Å². The molecule has 1 rings (SSSR count). The van der Waals surface area contributed by atoms with Crippen LogP contribution in [0.5, 0.6) is 0 Å². The molecule has 1 aromatic rings. The van der Waals surface area contributed by atoms with E-state index in [9.17, 15) is 4.39 Å². The largest absolute Gasteiger partial charge is 0.312 e. The molecule has 0 heterocycles. The van der Waals surface area contributed by atoms with Crippen molar-refractivity contribution in [3.8, 4) is 12.3 Å². The van der Waals surface area contributed by atoms with Crippen molar-refractivity contribution >= 4 is 27.7 Å². The SMILES string of the molecule is C#CCSCCNCc1ccc(F)cc1Br. The van der Waals surface area contributed by atoms with Crippen LogP contribution < -0.4 is 5.32 Å². The van der Waals surface area contributed by atoms with E-state index in [1.54, 1.807) is 17.8 Å². The van der Waals surface area contributed by atoms with Crippen molar-refractivity contribution in [2.75, 3.05) is 18.1 Å². The minimum absolute atomic E-state index is 0.222. The highest BCUT2D eigenvalue weighted by molar-refractivity contribution is 9.10. The molecule has 0 aliphatic heterocycles. The highest BCUT2D eigenvalue weighted by Crippen LogP contribution is 2.17. The lowest BCUT2D eigenvalue weighted by Gasteiger charge is -2.06. The summed E-state index contributed by atoms with van der Waals surface area (Å²) in [4.78, 5) is 0. The van der Waals surface area contributed by atoms with Gasteiger partial charge in [-0.25, -0.2) is 4.39 Å². The van der Waals surface area contributed by atoms with Crippen LogP contribution in [-0.4, -0.2) is 18.1 Å². The number of hydrogen-bond acceptors (Lipinski definition) is 2. The lowest BCUT2D eigenvalue weighted by atomic mass is 10.2. The number of terminal acetylenes is 1. The molecule has 0 amide bonds. The molecule has 1 N–H and O–H groups in total. The normalized spacial score (nSPS) is 10.1. The van der Waals surface area contributed by atoms with Gasteiger partial charge in [0.25, 0.3) is 0 Å². The van der Waals surface area contributed by atoms with Gasteiger partial charge >= 0.3 is 0 Å². The Labute approximate surface area is 108 Å². The second kappa shape index (κ2) is 7.72. The third kappa shape index (κ3) is 5.02. The number of rotatable bonds is 6. The maximum atomic E-state index is 12.8. The van der Waals surface area contributed by atoms with Crippen molar-refractivity contribution < 1.29 is 4.39 Å². The first-order chi connectivity index (χ1) is 7.74. The first kappa shape index (κ1) is 13.6. The van der Waals surface area contributed by atoms with E-state index in [0.717, 1.165) is 34.6 Å². The van der Waals surface area contributed by atoms with Crippen LogP contribution in [0, 0.1) is 18.2 Å². The zero-order valence-corrected chi connectivity index (χ0v) is 11.2. The standard InChI is InChI=1S/C12H13BrFNS/c1-2-6-16-7-5-15-9-10-3-4-11(14)8-12(10)13/h1,3-4,8,15H,5-7,9H2. The number of hydrogen-bond donors (Lipinski definition) is 1. The first-order valence-electron chi connectivity index (χ1n) is 4.90. The van der Waals surface area contributed by atoms with Gasteiger partial charge in [0, 0.05) is 23.3 Å². The van der Waals surface area contributed by atoms with E-state index in [2.05, 4.69) is 27.2 Å². The van der Waals surface area contributed by atoms with Crippen molar-refractivity contribution in [2.24, 2.45) is 0 Å². The van der Waals surface area contributed by atoms with E-state index < -0.39 is 0 Å². The minimum atomic E-state index is -0.222. The minimum Gasteiger partial charge on any atom is -0.312 e. The Kier molecular flexibility index (Phi) is 6.55. The van der Waals surface area contributed by atoms with E-state index in [1.165, 1.54) is 12.1 Å². The predicted molar refractivity (Wildman–Crippen MR) is 72.0 cm³/mol. The third-order valence-corrected chi connectivity index (χ3v) is 3.54. The Balaban J connectivity index is 2.25. The van der Waals surface area contributed by atoms with Crippen molar-refractivity contribution in [2.45, 2.75) is 6.54 Å². The summed E-state index contributed by atoms with van der Waals surface area (Å²) in [5.74, 6) is 4.10. The van der Waals surface area contributed by atoms with Gasteiger partial charge in [-0.05, 0) is 17.7 Å². The molecule has 0 atom stereocenters. The second-order valence-electron chi connectivity index (χ2n) is 3.17. The zero-order chi connectivity index (χ0) is 11.8. The molecule has 0 aliphatic carbocycles. The predicted octanol–water partition coefficient (Wildman–Crippen LogP) is 3.04. The molecule has 1 aromatic carbocycles. The molecule has 16 heavy (non-hydrogen) atoms. The molecule has 0 radical (unpaired) electrons. The summed E-state index contributed by atoms with van der Waals surface area (Å²) >= 11 is 5.05. The lowest BCUT2D eigenvalue weighted by molar-refractivity contribution is 0.624. The maximum Gasteiger partial charge on any atom is 0.124 e. The van der Waals surface area contributed by atoms with E-state index in [4.69, 9.17) is 6.42 Å². The van der Waals surface area contributed by atoms with Crippen molar-refractivity contribution in [1.82, 2.24) is 5.32 Å². The summed E-state index contributed by atoms with van der Waals surface area (Å²) < 4.78 is 13.6. The van der Waals surface area contributed by atoms with Crippen LogP contribution in [-0.2, 0) is 6.54 Å². The zero-order valence-electron chi connectivity index (χ0n) is 8.80. The Morgan fingerprint density at radius 3 is 3.00 bits per heavy atom. The monoisotopic (exact) mass is 301 g/mol.